The molecule has 88 valence electrons. The van der Waals surface area contributed by atoms with Gasteiger partial charge in [-0.3, -0.25) is 0 Å². The van der Waals surface area contributed by atoms with E-state index in [0.29, 0.717) is 0 Å². The first kappa shape index (κ1) is 11.7. The molecule has 3 nitrogen and oxygen atoms in total. The molecule has 0 aliphatic rings. The van der Waals surface area contributed by atoms with Crippen molar-refractivity contribution in [3.63, 3.8) is 0 Å². The predicted molar refractivity (Wildman–Crippen MR) is 69.4 cm³/mol. The average Bonchev–Trinajstić information content (AvgIpc) is 2.40. The lowest BCUT2D eigenvalue weighted by Gasteiger charge is -2.08. The largest absolute Gasteiger partial charge is 0.327 e. The molecule has 0 aliphatic heterocycles. The van der Waals surface area contributed by atoms with Crippen LogP contribution in [0.25, 0.3) is 11.4 Å². The zero-order valence-electron chi connectivity index (χ0n) is 10.0. The minimum absolute atomic E-state index is 0.244. The summed E-state index contributed by atoms with van der Waals surface area (Å²) in [6.45, 7) is 2.11. The SMILES string of the molecule is CCC(N)Cc1ccc(-c2ncccn2)cc1. The molecule has 2 N–H and O–H groups in total. The molecule has 17 heavy (non-hydrogen) atoms. The molecule has 0 spiro atoms. The Kier molecular flexibility index (Phi) is 3.83. The van der Waals surface area contributed by atoms with E-state index in [2.05, 4.69) is 29.0 Å². The molecule has 1 unspecified atom stereocenters. The Morgan fingerprint density at radius 3 is 2.35 bits per heavy atom. The lowest BCUT2D eigenvalue weighted by Crippen LogP contribution is -2.21. The highest BCUT2D eigenvalue weighted by Crippen LogP contribution is 2.15. The molecule has 2 aromatic rings. The Hall–Kier alpha value is -1.74. The summed E-state index contributed by atoms with van der Waals surface area (Å²) in [4.78, 5) is 8.44. The van der Waals surface area contributed by atoms with Crippen molar-refractivity contribution in [3.8, 4) is 11.4 Å². The van der Waals surface area contributed by atoms with E-state index in [0.717, 1.165) is 24.2 Å². The lowest BCUT2D eigenvalue weighted by molar-refractivity contribution is 0.646. The number of nitrogens with two attached hydrogens (primary N) is 1. The minimum atomic E-state index is 0.244. The van der Waals surface area contributed by atoms with Gasteiger partial charge in [0.05, 0.1) is 0 Å². The first-order chi connectivity index (χ1) is 8.29. The van der Waals surface area contributed by atoms with Gasteiger partial charge >= 0.3 is 0 Å². The molecule has 0 aliphatic carbocycles. The van der Waals surface area contributed by atoms with Crippen LogP contribution in [0.3, 0.4) is 0 Å². The summed E-state index contributed by atoms with van der Waals surface area (Å²) >= 11 is 0. The summed E-state index contributed by atoms with van der Waals surface area (Å²) in [5.41, 5.74) is 8.23. The fraction of sp³-hybridized carbons (Fsp3) is 0.286. The number of nitrogens with zero attached hydrogens (tertiary/aromatic N) is 2. The molecule has 1 aromatic carbocycles. The summed E-state index contributed by atoms with van der Waals surface area (Å²) in [6.07, 6.45) is 5.43. The molecule has 3 heteroatoms. The molecule has 0 saturated heterocycles. The number of aromatic nitrogens is 2. The molecule has 1 aromatic heterocycles. The van der Waals surface area contributed by atoms with E-state index in [-0.39, 0.29) is 6.04 Å². The van der Waals surface area contributed by atoms with Gasteiger partial charge in [0, 0.05) is 24.0 Å². The summed E-state index contributed by atoms with van der Waals surface area (Å²) < 4.78 is 0. The van der Waals surface area contributed by atoms with Gasteiger partial charge in [-0.1, -0.05) is 31.2 Å². The molecule has 0 bridgehead atoms. The third kappa shape index (κ3) is 3.11. The number of hydrogen-bond acceptors (Lipinski definition) is 3. The van der Waals surface area contributed by atoms with Crippen molar-refractivity contribution in [2.75, 3.05) is 0 Å². The van der Waals surface area contributed by atoms with Gasteiger partial charge in [0.1, 0.15) is 0 Å². The molecule has 0 amide bonds. The van der Waals surface area contributed by atoms with Gasteiger partial charge in [-0.25, -0.2) is 9.97 Å². The van der Waals surface area contributed by atoms with Crippen molar-refractivity contribution in [1.29, 1.82) is 0 Å². The van der Waals surface area contributed by atoms with E-state index < -0.39 is 0 Å². The van der Waals surface area contributed by atoms with E-state index >= 15 is 0 Å². The van der Waals surface area contributed by atoms with Crippen LogP contribution in [-0.4, -0.2) is 16.0 Å². The first-order valence-electron chi connectivity index (χ1n) is 5.91. The van der Waals surface area contributed by atoms with E-state index in [1.54, 1.807) is 12.4 Å². The molecule has 1 atom stereocenters. The van der Waals surface area contributed by atoms with Crippen LogP contribution >= 0.6 is 0 Å². The van der Waals surface area contributed by atoms with Gasteiger partial charge < -0.3 is 5.73 Å². The fourth-order valence-corrected chi connectivity index (χ4v) is 1.69. The average molecular weight is 227 g/mol. The van der Waals surface area contributed by atoms with Gasteiger partial charge in [-0.2, -0.15) is 0 Å². The van der Waals surface area contributed by atoms with Crippen molar-refractivity contribution in [1.82, 2.24) is 9.97 Å². The van der Waals surface area contributed by atoms with Crippen molar-refractivity contribution in [2.45, 2.75) is 25.8 Å². The van der Waals surface area contributed by atoms with Crippen molar-refractivity contribution >= 4 is 0 Å². The summed E-state index contributed by atoms with van der Waals surface area (Å²) in [6, 6.07) is 10.4. The maximum absolute atomic E-state index is 5.93. The van der Waals surface area contributed by atoms with Crippen molar-refractivity contribution in [2.24, 2.45) is 5.73 Å². The first-order valence-corrected chi connectivity index (χ1v) is 5.91. The highest BCUT2D eigenvalue weighted by Gasteiger charge is 2.03. The van der Waals surface area contributed by atoms with Gasteiger partial charge in [0.25, 0.3) is 0 Å². The summed E-state index contributed by atoms with van der Waals surface area (Å²) in [7, 11) is 0. The number of hydrogen-bond donors (Lipinski definition) is 1. The quantitative estimate of drug-likeness (QED) is 0.872. The predicted octanol–water partition coefficient (Wildman–Crippen LogP) is 2.42. The molecule has 0 radical (unpaired) electrons. The van der Waals surface area contributed by atoms with E-state index in [9.17, 15) is 0 Å². The zero-order chi connectivity index (χ0) is 12.1. The third-order valence-electron chi connectivity index (χ3n) is 2.80. The molecule has 2 rings (SSSR count). The van der Waals surface area contributed by atoms with Crippen LogP contribution in [0, 0.1) is 0 Å². The summed E-state index contributed by atoms with van der Waals surface area (Å²) in [5.74, 6) is 0.763. The van der Waals surface area contributed by atoms with Crippen LogP contribution in [0.2, 0.25) is 0 Å². The van der Waals surface area contributed by atoms with Crippen molar-refractivity contribution in [3.05, 3.63) is 48.3 Å². The van der Waals surface area contributed by atoms with Crippen LogP contribution in [0.4, 0.5) is 0 Å². The van der Waals surface area contributed by atoms with Crippen LogP contribution in [0.5, 0.6) is 0 Å². The lowest BCUT2D eigenvalue weighted by atomic mass is 10.0. The standard InChI is InChI=1S/C14H17N3/c1-2-13(15)10-11-4-6-12(7-5-11)14-16-8-3-9-17-14/h3-9,13H,2,10,15H2,1H3. The third-order valence-corrected chi connectivity index (χ3v) is 2.80. The number of benzene rings is 1. The Morgan fingerprint density at radius 1 is 1.12 bits per heavy atom. The molecular weight excluding hydrogens is 210 g/mol. The van der Waals surface area contributed by atoms with Gasteiger partial charge in [0.2, 0.25) is 0 Å². The second-order valence-electron chi connectivity index (χ2n) is 4.14. The van der Waals surface area contributed by atoms with Crippen LogP contribution in [0.1, 0.15) is 18.9 Å². The van der Waals surface area contributed by atoms with Crippen LogP contribution in [-0.2, 0) is 6.42 Å². The summed E-state index contributed by atoms with van der Waals surface area (Å²) in [5, 5.41) is 0. The van der Waals surface area contributed by atoms with Gasteiger partial charge in [-0.15, -0.1) is 0 Å². The fourth-order valence-electron chi connectivity index (χ4n) is 1.69. The zero-order valence-corrected chi connectivity index (χ0v) is 10.0. The van der Waals surface area contributed by atoms with E-state index in [1.807, 2.05) is 18.2 Å². The van der Waals surface area contributed by atoms with Crippen molar-refractivity contribution < 1.29 is 0 Å². The van der Waals surface area contributed by atoms with Crippen LogP contribution < -0.4 is 5.73 Å². The van der Waals surface area contributed by atoms with E-state index in [4.69, 9.17) is 5.73 Å². The topological polar surface area (TPSA) is 51.8 Å². The second-order valence-corrected chi connectivity index (χ2v) is 4.14. The maximum Gasteiger partial charge on any atom is 0.159 e. The monoisotopic (exact) mass is 227 g/mol. The minimum Gasteiger partial charge on any atom is -0.327 e. The molecule has 0 saturated carbocycles. The smallest absolute Gasteiger partial charge is 0.159 e. The maximum atomic E-state index is 5.93. The Bertz CT molecular complexity index is 451. The Morgan fingerprint density at radius 2 is 1.76 bits per heavy atom. The Balaban J connectivity index is 2.13. The second kappa shape index (κ2) is 5.55. The van der Waals surface area contributed by atoms with Crippen LogP contribution in [0.15, 0.2) is 42.7 Å². The molecule has 1 heterocycles. The molecular formula is C14H17N3. The normalized spacial score (nSPS) is 12.4. The highest BCUT2D eigenvalue weighted by molar-refractivity contribution is 5.54. The van der Waals surface area contributed by atoms with Gasteiger partial charge in [0.15, 0.2) is 5.82 Å². The van der Waals surface area contributed by atoms with E-state index in [1.165, 1.54) is 5.56 Å². The van der Waals surface area contributed by atoms with Gasteiger partial charge in [-0.05, 0) is 24.5 Å². The Labute approximate surface area is 102 Å². The highest BCUT2D eigenvalue weighted by atomic mass is 14.8. The number of rotatable bonds is 4. The molecule has 0 fully saturated rings.